The molecular formula is C34H36F3N3O5. The van der Waals surface area contributed by atoms with Crippen molar-refractivity contribution in [1.82, 2.24) is 0 Å². The zero-order valence-electron chi connectivity index (χ0n) is 25.6. The number of alkyl halides is 3. The smallest absolute Gasteiger partial charge is 0.386 e. The molecule has 4 aromatic rings. The lowest BCUT2D eigenvalue weighted by atomic mass is 10.0. The monoisotopic (exact) mass is 623 g/mol. The largest absolute Gasteiger partial charge is 0.505 e. The van der Waals surface area contributed by atoms with Crippen LogP contribution in [0.3, 0.4) is 0 Å². The number of phenols is 1. The molecule has 0 aliphatic heterocycles. The average molecular weight is 624 g/mol. The number of benzene rings is 4. The van der Waals surface area contributed by atoms with Crippen molar-refractivity contribution in [3.63, 3.8) is 0 Å². The predicted molar refractivity (Wildman–Crippen MR) is 171 cm³/mol. The Morgan fingerprint density at radius 2 is 1.49 bits per heavy atom. The summed E-state index contributed by atoms with van der Waals surface area (Å²) in [5.74, 6) is -1.32. The lowest BCUT2D eigenvalue weighted by Gasteiger charge is -2.24. The number of nitrogens with zero attached hydrogens (tertiary/aromatic N) is 2. The molecule has 0 radical (unpaired) electrons. The van der Waals surface area contributed by atoms with Crippen molar-refractivity contribution in [3.05, 3.63) is 108 Å². The van der Waals surface area contributed by atoms with Gasteiger partial charge in [-0.1, -0.05) is 68.4 Å². The second-order valence-electron chi connectivity index (χ2n) is 9.37. The molecule has 0 fully saturated rings. The number of carbonyl (C=O) groups excluding carboxylic acids is 1. The highest BCUT2D eigenvalue weighted by atomic mass is 19.4. The van der Waals surface area contributed by atoms with E-state index in [-0.39, 0.29) is 30.8 Å². The quantitative estimate of drug-likeness (QED) is 0.0889. The van der Waals surface area contributed by atoms with Crippen molar-refractivity contribution < 1.29 is 38.1 Å². The van der Waals surface area contributed by atoms with Crippen LogP contribution in [0.25, 0.3) is 11.1 Å². The first-order chi connectivity index (χ1) is 21.3. The number of carbonyl (C=O) groups is 2. The van der Waals surface area contributed by atoms with E-state index < -0.39 is 12.1 Å². The van der Waals surface area contributed by atoms with Crippen LogP contribution in [0.4, 0.5) is 30.2 Å². The van der Waals surface area contributed by atoms with Crippen LogP contribution < -0.4 is 10.3 Å². The van der Waals surface area contributed by atoms with Gasteiger partial charge in [0.1, 0.15) is 5.75 Å². The van der Waals surface area contributed by atoms with Crippen molar-refractivity contribution in [2.75, 3.05) is 10.3 Å². The second-order valence-corrected chi connectivity index (χ2v) is 9.37. The zero-order chi connectivity index (χ0) is 33.7. The number of aliphatic hydroxyl groups is 1. The minimum atomic E-state index is -4.00. The molecule has 0 saturated heterocycles. The Hall–Kier alpha value is -5.16. The predicted octanol–water partition coefficient (Wildman–Crippen LogP) is 8.37. The average Bonchev–Trinajstić information content (AvgIpc) is 3.01. The Bertz CT molecular complexity index is 1610. The van der Waals surface area contributed by atoms with Gasteiger partial charge in [0, 0.05) is 30.7 Å². The summed E-state index contributed by atoms with van der Waals surface area (Å²) >= 11 is 0. The number of amides is 1. The molecule has 1 amide bonds. The lowest BCUT2D eigenvalue weighted by Crippen LogP contribution is -2.24. The molecule has 4 rings (SSSR count). The third-order valence-corrected chi connectivity index (χ3v) is 6.03. The van der Waals surface area contributed by atoms with Crippen LogP contribution in [-0.2, 0) is 11.4 Å². The van der Waals surface area contributed by atoms with Gasteiger partial charge >= 0.3 is 12.1 Å². The zero-order valence-corrected chi connectivity index (χ0v) is 25.6. The van der Waals surface area contributed by atoms with Crippen LogP contribution in [0, 0.1) is 0 Å². The molecule has 45 heavy (non-hydrogen) atoms. The van der Waals surface area contributed by atoms with Gasteiger partial charge in [0.15, 0.2) is 0 Å². The Morgan fingerprint density at radius 3 is 2.07 bits per heavy atom. The van der Waals surface area contributed by atoms with E-state index in [0.717, 1.165) is 5.56 Å². The number of para-hydroxylation sites is 2. The van der Waals surface area contributed by atoms with Crippen LogP contribution in [0.1, 0.15) is 56.1 Å². The number of carboxylic acid groups (broad SMARTS) is 1. The number of hydrogen-bond acceptors (Lipinski definition) is 6. The number of aromatic carboxylic acids is 1. The second kappa shape index (κ2) is 16.6. The highest BCUT2D eigenvalue weighted by Crippen LogP contribution is 2.36. The summed E-state index contributed by atoms with van der Waals surface area (Å²) in [5, 5.41) is 34.0. The molecule has 0 aliphatic carbocycles. The summed E-state index contributed by atoms with van der Waals surface area (Å²) in [6.45, 7) is 7.36. The lowest BCUT2D eigenvalue weighted by molar-refractivity contribution is -0.116. The summed E-state index contributed by atoms with van der Waals surface area (Å²) in [6, 6.07) is 25.8. The number of rotatable bonds is 8. The van der Waals surface area contributed by atoms with Crippen LogP contribution in [0.5, 0.6) is 5.75 Å². The van der Waals surface area contributed by atoms with Gasteiger partial charge in [-0.25, -0.2) is 4.79 Å². The van der Waals surface area contributed by atoms with Gasteiger partial charge in [-0.2, -0.15) is 18.3 Å². The molecule has 0 atom stereocenters. The van der Waals surface area contributed by atoms with Gasteiger partial charge in [-0.15, -0.1) is 0 Å². The first kappa shape index (κ1) is 36.0. The number of nitrogens with one attached hydrogen (secondary N) is 1. The number of hydrogen-bond donors (Lipinski definition) is 4. The molecule has 0 spiro atoms. The van der Waals surface area contributed by atoms with Crippen molar-refractivity contribution >= 4 is 34.7 Å². The number of carboxylic acids is 1. The standard InChI is InChI=1S/C30H27N3O5.C2H3F3.C2H6/c1-19(25-9-3-4-12-28(25)33(20(2)35)24-15-13-21(18-34)14-16-24)31-32-27-11-6-10-26(29(27)36)22-7-5-8-23(17-22)30(37)38;1-2(3,4)5;1-2/h3-17,32,34,36H,18H2,1-2H3,(H,37,38);1H3;1-2H3/b31-19+;;. The molecule has 0 aliphatic rings. The van der Waals surface area contributed by atoms with Crippen molar-refractivity contribution in [3.8, 4) is 16.9 Å². The third-order valence-electron chi connectivity index (χ3n) is 6.03. The van der Waals surface area contributed by atoms with Crippen LogP contribution in [0.15, 0.2) is 96.1 Å². The summed E-state index contributed by atoms with van der Waals surface area (Å²) in [5.41, 5.74) is 7.65. The van der Waals surface area contributed by atoms with E-state index in [0.29, 0.717) is 39.5 Å². The Morgan fingerprint density at radius 1 is 0.889 bits per heavy atom. The Kier molecular flexibility index (Phi) is 13.3. The first-order valence-corrected chi connectivity index (χ1v) is 13.9. The molecule has 4 aromatic carbocycles. The SMILES string of the molecule is CC.CC(=O)N(c1ccc(CO)cc1)c1ccccc1/C(C)=N/Nc1cccc(-c2cccc(C(=O)O)c2)c1O.CC(F)(F)F. The topological polar surface area (TPSA) is 122 Å². The normalized spacial score (nSPS) is 10.9. The van der Waals surface area contributed by atoms with Gasteiger partial charge in [-0.3, -0.25) is 15.1 Å². The molecule has 0 unspecified atom stereocenters. The number of aromatic hydroxyl groups is 1. The van der Waals surface area contributed by atoms with E-state index in [9.17, 15) is 38.1 Å². The number of phenolic OH excluding ortho intramolecular Hbond substituents is 1. The molecule has 0 saturated carbocycles. The number of anilines is 3. The molecule has 8 nitrogen and oxygen atoms in total. The molecule has 11 heteroatoms. The van der Waals surface area contributed by atoms with E-state index >= 15 is 0 Å². The van der Waals surface area contributed by atoms with E-state index in [4.69, 9.17) is 0 Å². The maximum Gasteiger partial charge on any atom is 0.386 e. The Balaban J connectivity index is 0.000000917. The maximum absolute atomic E-state index is 12.7. The minimum absolute atomic E-state index is 0.0748. The van der Waals surface area contributed by atoms with Gasteiger partial charge < -0.3 is 15.3 Å². The molecular weight excluding hydrogens is 587 g/mol. The number of hydrazone groups is 1. The third kappa shape index (κ3) is 10.5. The van der Waals surface area contributed by atoms with E-state index in [1.165, 1.54) is 19.1 Å². The molecule has 0 heterocycles. The Labute approximate surface area is 260 Å². The van der Waals surface area contributed by atoms with Gasteiger partial charge in [-0.05, 0) is 54.4 Å². The first-order valence-electron chi connectivity index (χ1n) is 13.9. The number of aliphatic hydroxyl groups excluding tert-OH is 1. The van der Waals surface area contributed by atoms with Crippen molar-refractivity contribution in [2.45, 2.75) is 47.4 Å². The van der Waals surface area contributed by atoms with Crippen LogP contribution >= 0.6 is 0 Å². The van der Waals surface area contributed by atoms with Crippen LogP contribution in [-0.4, -0.2) is 39.1 Å². The van der Waals surface area contributed by atoms with Gasteiger partial charge in [0.25, 0.3) is 0 Å². The van der Waals surface area contributed by atoms with Crippen molar-refractivity contribution in [2.24, 2.45) is 5.10 Å². The van der Waals surface area contributed by atoms with E-state index in [1.54, 1.807) is 66.4 Å². The van der Waals surface area contributed by atoms with Gasteiger partial charge in [0.2, 0.25) is 5.91 Å². The molecule has 4 N–H and O–H groups in total. The highest BCUT2D eigenvalue weighted by Gasteiger charge is 2.19. The van der Waals surface area contributed by atoms with Crippen molar-refractivity contribution in [1.29, 1.82) is 0 Å². The van der Waals surface area contributed by atoms with Gasteiger partial charge in [0.05, 0.1) is 29.3 Å². The van der Waals surface area contributed by atoms with E-state index in [2.05, 4.69) is 10.5 Å². The fourth-order valence-electron chi connectivity index (χ4n) is 4.11. The fraction of sp³-hybridized carbons (Fsp3) is 0.206. The van der Waals surface area contributed by atoms with Crippen LogP contribution in [0.2, 0.25) is 0 Å². The summed E-state index contributed by atoms with van der Waals surface area (Å²) in [6.07, 6.45) is -4.00. The summed E-state index contributed by atoms with van der Waals surface area (Å²) < 4.78 is 31.1. The van der Waals surface area contributed by atoms with E-state index in [1.807, 2.05) is 38.1 Å². The highest BCUT2D eigenvalue weighted by molar-refractivity contribution is 6.09. The summed E-state index contributed by atoms with van der Waals surface area (Å²) in [7, 11) is 0. The molecule has 0 aromatic heterocycles. The summed E-state index contributed by atoms with van der Waals surface area (Å²) in [4.78, 5) is 25.6. The molecule has 238 valence electrons. The fourth-order valence-corrected chi connectivity index (χ4v) is 4.11. The molecule has 0 bridgehead atoms. The number of halogens is 3. The minimum Gasteiger partial charge on any atom is -0.505 e. The maximum atomic E-state index is 12.7.